The van der Waals surface area contributed by atoms with Crippen LogP contribution < -0.4 is 5.32 Å². The van der Waals surface area contributed by atoms with E-state index >= 15 is 0 Å². The standard InChI is InChI=1S/C14H17ClN2/c15-13-7-11-3-5-17-14(11)8-12(13)6-10-2-1-4-16-9-10/h3,5,7-8,10,16-17H,1-2,4,6,9H2. The lowest BCUT2D eigenvalue weighted by atomic mass is 9.92. The van der Waals surface area contributed by atoms with E-state index in [2.05, 4.69) is 28.5 Å². The van der Waals surface area contributed by atoms with Gasteiger partial charge < -0.3 is 10.3 Å². The molecule has 2 nitrogen and oxygen atoms in total. The highest BCUT2D eigenvalue weighted by molar-refractivity contribution is 6.32. The zero-order valence-corrected chi connectivity index (χ0v) is 10.6. The van der Waals surface area contributed by atoms with E-state index in [1.165, 1.54) is 35.9 Å². The summed E-state index contributed by atoms with van der Waals surface area (Å²) in [6.45, 7) is 2.29. The molecule has 1 aromatic carbocycles. The van der Waals surface area contributed by atoms with E-state index in [0.717, 1.165) is 23.9 Å². The summed E-state index contributed by atoms with van der Waals surface area (Å²) in [5.74, 6) is 0.730. The number of H-pyrrole nitrogens is 1. The largest absolute Gasteiger partial charge is 0.361 e. The monoisotopic (exact) mass is 248 g/mol. The van der Waals surface area contributed by atoms with Gasteiger partial charge >= 0.3 is 0 Å². The van der Waals surface area contributed by atoms with Crippen molar-refractivity contribution in [1.29, 1.82) is 0 Å². The molecule has 0 amide bonds. The molecule has 0 aliphatic carbocycles. The topological polar surface area (TPSA) is 27.8 Å². The first-order valence-electron chi connectivity index (χ1n) is 6.29. The zero-order chi connectivity index (χ0) is 11.7. The first-order chi connectivity index (χ1) is 8.33. The maximum Gasteiger partial charge on any atom is 0.0457 e. The summed E-state index contributed by atoms with van der Waals surface area (Å²) >= 11 is 6.35. The van der Waals surface area contributed by atoms with Crippen LogP contribution in [0.1, 0.15) is 18.4 Å². The van der Waals surface area contributed by atoms with E-state index in [1.54, 1.807) is 0 Å². The Morgan fingerprint density at radius 3 is 3.12 bits per heavy atom. The number of nitrogens with one attached hydrogen (secondary N) is 2. The number of halogens is 1. The second kappa shape index (κ2) is 4.71. The molecule has 2 N–H and O–H groups in total. The molecule has 0 saturated carbocycles. The van der Waals surface area contributed by atoms with Crippen molar-refractivity contribution in [2.24, 2.45) is 5.92 Å². The van der Waals surface area contributed by atoms with Crippen molar-refractivity contribution < 1.29 is 0 Å². The molecule has 1 aliphatic heterocycles. The van der Waals surface area contributed by atoms with Gasteiger partial charge in [0.05, 0.1) is 0 Å². The van der Waals surface area contributed by atoms with Crippen molar-refractivity contribution in [3.63, 3.8) is 0 Å². The molecule has 3 heteroatoms. The normalized spacial score (nSPS) is 20.9. The van der Waals surface area contributed by atoms with Gasteiger partial charge in [0.1, 0.15) is 0 Å². The van der Waals surface area contributed by atoms with Gasteiger partial charge in [-0.15, -0.1) is 0 Å². The molecular formula is C14H17ClN2. The Labute approximate surface area is 106 Å². The predicted octanol–water partition coefficient (Wildman–Crippen LogP) is 3.36. The molecular weight excluding hydrogens is 232 g/mol. The number of fused-ring (bicyclic) bond motifs is 1. The Morgan fingerprint density at radius 1 is 1.35 bits per heavy atom. The molecule has 17 heavy (non-hydrogen) atoms. The third-order valence-corrected chi connectivity index (χ3v) is 3.98. The van der Waals surface area contributed by atoms with Gasteiger partial charge in [0.25, 0.3) is 0 Å². The molecule has 0 spiro atoms. The zero-order valence-electron chi connectivity index (χ0n) is 9.80. The average molecular weight is 249 g/mol. The van der Waals surface area contributed by atoms with Crippen LogP contribution in [0.15, 0.2) is 24.4 Å². The molecule has 0 radical (unpaired) electrons. The lowest BCUT2D eigenvalue weighted by Gasteiger charge is -2.23. The van der Waals surface area contributed by atoms with Crippen LogP contribution >= 0.6 is 11.6 Å². The number of benzene rings is 1. The maximum atomic E-state index is 6.35. The van der Waals surface area contributed by atoms with E-state index in [9.17, 15) is 0 Å². The Balaban J connectivity index is 1.85. The van der Waals surface area contributed by atoms with Crippen LogP contribution in [0, 0.1) is 5.92 Å². The van der Waals surface area contributed by atoms with Gasteiger partial charge in [0.15, 0.2) is 0 Å². The summed E-state index contributed by atoms with van der Waals surface area (Å²) in [4.78, 5) is 3.25. The molecule has 2 heterocycles. The molecule has 1 aromatic heterocycles. The second-order valence-corrected chi connectivity index (χ2v) is 5.33. The minimum atomic E-state index is 0.730. The van der Waals surface area contributed by atoms with E-state index in [1.807, 2.05) is 6.20 Å². The quantitative estimate of drug-likeness (QED) is 0.838. The molecule has 1 unspecified atom stereocenters. The maximum absolute atomic E-state index is 6.35. The van der Waals surface area contributed by atoms with Crippen molar-refractivity contribution in [2.45, 2.75) is 19.3 Å². The Kier molecular flexibility index (Phi) is 3.08. The summed E-state index contributed by atoms with van der Waals surface area (Å²) in [5.41, 5.74) is 2.46. The number of piperidine rings is 1. The molecule has 90 valence electrons. The fourth-order valence-corrected chi connectivity index (χ4v) is 2.93. The van der Waals surface area contributed by atoms with Crippen molar-refractivity contribution in [2.75, 3.05) is 13.1 Å². The van der Waals surface area contributed by atoms with Gasteiger partial charge in [0, 0.05) is 22.1 Å². The summed E-state index contributed by atoms with van der Waals surface area (Å²) in [6.07, 6.45) is 5.65. The van der Waals surface area contributed by atoms with Gasteiger partial charge in [-0.25, -0.2) is 0 Å². The molecule has 1 aliphatic rings. The Morgan fingerprint density at radius 2 is 2.29 bits per heavy atom. The lowest BCUT2D eigenvalue weighted by molar-refractivity contribution is 0.376. The van der Waals surface area contributed by atoms with Crippen molar-refractivity contribution in [1.82, 2.24) is 10.3 Å². The van der Waals surface area contributed by atoms with E-state index in [-0.39, 0.29) is 0 Å². The SMILES string of the molecule is Clc1cc2cc[nH]c2cc1CC1CCCNC1. The number of hydrogen-bond donors (Lipinski definition) is 2. The van der Waals surface area contributed by atoms with Crippen LogP contribution in [-0.4, -0.2) is 18.1 Å². The molecule has 2 aromatic rings. The van der Waals surface area contributed by atoms with Crippen molar-refractivity contribution in [3.05, 3.63) is 35.0 Å². The fourth-order valence-electron chi connectivity index (χ4n) is 2.68. The summed E-state index contributed by atoms with van der Waals surface area (Å²) in [6, 6.07) is 6.33. The second-order valence-electron chi connectivity index (χ2n) is 4.93. The van der Waals surface area contributed by atoms with Crippen LogP contribution in [0.3, 0.4) is 0 Å². The molecule has 1 fully saturated rings. The third-order valence-electron chi connectivity index (χ3n) is 3.63. The van der Waals surface area contributed by atoms with Gasteiger partial charge in [-0.3, -0.25) is 0 Å². The average Bonchev–Trinajstić information content (AvgIpc) is 2.78. The first-order valence-corrected chi connectivity index (χ1v) is 6.67. The van der Waals surface area contributed by atoms with Crippen LogP contribution in [0.4, 0.5) is 0 Å². The van der Waals surface area contributed by atoms with Crippen molar-refractivity contribution >= 4 is 22.5 Å². The lowest BCUT2D eigenvalue weighted by Crippen LogP contribution is -2.30. The number of hydrogen-bond acceptors (Lipinski definition) is 1. The Hall–Kier alpha value is -0.990. The summed E-state index contributed by atoms with van der Waals surface area (Å²) in [5, 5.41) is 5.56. The van der Waals surface area contributed by atoms with Gasteiger partial charge in [-0.05, 0) is 62.0 Å². The predicted molar refractivity (Wildman–Crippen MR) is 72.6 cm³/mol. The van der Waals surface area contributed by atoms with Crippen LogP contribution in [0.2, 0.25) is 5.02 Å². The molecule has 1 atom stereocenters. The van der Waals surface area contributed by atoms with Crippen LogP contribution in [-0.2, 0) is 6.42 Å². The fraction of sp³-hybridized carbons (Fsp3) is 0.429. The molecule has 3 rings (SSSR count). The minimum Gasteiger partial charge on any atom is -0.361 e. The van der Waals surface area contributed by atoms with Crippen molar-refractivity contribution in [3.8, 4) is 0 Å². The van der Waals surface area contributed by atoms with Gasteiger partial charge in [0.2, 0.25) is 0 Å². The van der Waals surface area contributed by atoms with E-state index < -0.39 is 0 Å². The highest BCUT2D eigenvalue weighted by atomic mass is 35.5. The number of rotatable bonds is 2. The van der Waals surface area contributed by atoms with E-state index in [4.69, 9.17) is 11.6 Å². The van der Waals surface area contributed by atoms with Crippen LogP contribution in [0.5, 0.6) is 0 Å². The first kappa shape index (κ1) is 11.1. The summed E-state index contributed by atoms with van der Waals surface area (Å²) < 4.78 is 0. The summed E-state index contributed by atoms with van der Waals surface area (Å²) in [7, 11) is 0. The number of aromatic nitrogens is 1. The minimum absolute atomic E-state index is 0.730. The molecule has 1 saturated heterocycles. The highest BCUT2D eigenvalue weighted by Crippen LogP contribution is 2.27. The highest BCUT2D eigenvalue weighted by Gasteiger charge is 2.15. The third kappa shape index (κ3) is 2.33. The van der Waals surface area contributed by atoms with Gasteiger partial charge in [-0.1, -0.05) is 11.6 Å². The molecule has 0 bridgehead atoms. The van der Waals surface area contributed by atoms with Crippen LogP contribution in [0.25, 0.3) is 10.9 Å². The Bertz CT molecular complexity index is 512. The van der Waals surface area contributed by atoms with E-state index in [0.29, 0.717) is 0 Å². The number of aromatic amines is 1. The van der Waals surface area contributed by atoms with Gasteiger partial charge in [-0.2, -0.15) is 0 Å². The smallest absolute Gasteiger partial charge is 0.0457 e.